The standard InChI is InChI=1S/C12H19N2O5P/c1-5-18-20(17,19-6-2)12(3)9-8(7-13-12)10(15)14(4)11(9)16/h7-9H,5-6H2,1-4H3. The van der Waals surface area contributed by atoms with Crippen LogP contribution in [0.5, 0.6) is 0 Å². The maximum absolute atomic E-state index is 13.0. The fraction of sp³-hybridized carbons (Fsp3) is 0.750. The van der Waals surface area contributed by atoms with Crippen molar-refractivity contribution >= 4 is 25.6 Å². The Morgan fingerprint density at radius 1 is 1.30 bits per heavy atom. The van der Waals surface area contributed by atoms with Gasteiger partial charge in [-0.05, 0) is 20.8 Å². The average Bonchev–Trinajstić information content (AvgIpc) is 2.85. The van der Waals surface area contributed by atoms with E-state index in [1.165, 1.54) is 13.3 Å². The predicted octanol–water partition coefficient (Wildman–Crippen LogP) is 1.28. The third kappa shape index (κ3) is 1.88. The third-order valence-corrected chi connectivity index (χ3v) is 6.51. The smallest absolute Gasteiger partial charge is 0.307 e. The lowest BCUT2D eigenvalue weighted by Crippen LogP contribution is -2.38. The maximum Gasteiger partial charge on any atom is 0.358 e. The van der Waals surface area contributed by atoms with E-state index in [0.717, 1.165) is 4.90 Å². The molecule has 0 aliphatic carbocycles. The van der Waals surface area contributed by atoms with E-state index in [2.05, 4.69) is 4.99 Å². The van der Waals surface area contributed by atoms with E-state index >= 15 is 0 Å². The minimum Gasteiger partial charge on any atom is -0.307 e. The molecule has 0 spiro atoms. The molecule has 2 heterocycles. The van der Waals surface area contributed by atoms with Gasteiger partial charge in [-0.15, -0.1) is 0 Å². The quantitative estimate of drug-likeness (QED) is 0.564. The van der Waals surface area contributed by atoms with Gasteiger partial charge in [-0.1, -0.05) is 0 Å². The molecule has 2 rings (SSSR count). The lowest BCUT2D eigenvalue weighted by molar-refractivity contribution is -0.138. The van der Waals surface area contributed by atoms with Crippen molar-refractivity contribution in [3.8, 4) is 0 Å². The summed E-state index contributed by atoms with van der Waals surface area (Å²) in [6, 6.07) is 0. The molecule has 0 aromatic rings. The fourth-order valence-electron chi connectivity index (χ4n) is 2.75. The average molecular weight is 302 g/mol. The summed E-state index contributed by atoms with van der Waals surface area (Å²) in [4.78, 5) is 29.5. The molecule has 2 aliphatic heterocycles. The highest BCUT2D eigenvalue weighted by Gasteiger charge is 2.65. The molecule has 2 amide bonds. The normalized spacial score (nSPS) is 33.1. The minimum absolute atomic E-state index is 0.178. The number of likely N-dealkylation sites (tertiary alicyclic amines) is 1. The monoisotopic (exact) mass is 302 g/mol. The van der Waals surface area contributed by atoms with Gasteiger partial charge in [-0.2, -0.15) is 0 Å². The van der Waals surface area contributed by atoms with Gasteiger partial charge in [-0.25, -0.2) is 0 Å². The Labute approximate surface area is 117 Å². The van der Waals surface area contributed by atoms with Crippen LogP contribution in [0.25, 0.3) is 0 Å². The first-order valence-corrected chi connectivity index (χ1v) is 8.12. The van der Waals surface area contributed by atoms with Crippen LogP contribution < -0.4 is 0 Å². The van der Waals surface area contributed by atoms with Crippen LogP contribution in [0.3, 0.4) is 0 Å². The molecule has 1 fully saturated rings. The largest absolute Gasteiger partial charge is 0.358 e. The summed E-state index contributed by atoms with van der Waals surface area (Å²) < 4.78 is 23.6. The van der Waals surface area contributed by atoms with Crippen LogP contribution in [0.1, 0.15) is 20.8 Å². The zero-order chi connectivity index (χ0) is 15.1. The zero-order valence-corrected chi connectivity index (χ0v) is 12.9. The molecule has 7 nitrogen and oxygen atoms in total. The molecule has 2 aliphatic rings. The van der Waals surface area contributed by atoms with Crippen molar-refractivity contribution in [2.75, 3.05) is 20.3 Å². The second-order valence-corrected chi connectivity index (χ2v) is 7.36. The molecule has 20 heavy (non-hydrogen) atoms. The first-order valence-electron chi connectivity index (χ1n) is 6.58. The highest BCUT2D eigenvalue weighted by molar-refractivity contribution is 7.55. The van der Waals surface area contributed by atoms with Gasteiger partial charge in [0.15, 0.2) is 5.28 Å². The van der Waals surface area contributed by atoms with Gasteiger partial charge in [-0.3, -0.25) is 24.0 Å². The Morgan fingerprint density at radius 2 is 1.85 bits per heavy atom. The molecule has 0 aromatic heterocycles. The Hall–Kier alpha value is -1.04. The summed E-state index contributed by atoms with van der Waals surface area (Å²) in [7, 11) is -2.22. The zero-order valence-electron chi connectivity index (χ0n) is 12.0. The van der Waals surface area contributed by atoms with Crippen LogP contribution in [-0.2, 0) is 23.2 Å². The maximum atomic E-state index is 13.0. The molecule has 0 aromatic carbocycles. The van der Waals surface area contributed by atoms with Gasteiger partial charge in [0, 0.05) is 13.3 Å². The second-order valence-electron chi connectivity index (χ2n) is 4.94. The number of aliphatic imine (C=N–C) groups is 1. The lowest BCUT2D eigenvalue weighted by Gasteiger charge is -2.33. The molecule has 0 radical (unpaired) electrons. The first kappa shape index (κ1) is 15.4. The van der Waals surface area contributed by atoms with Gasteiger partial charge in [0.2, 0.25) is 11.8 Å². The number of hydrogen-bond donors (Lipinski definition) is 0. The Morgan fingerprint density at radius 3 is 2.35 bits per heavy atom. The summed E-state index contributed by atoms with van der Waals surface area (Å²) in [6.45, 7) is 5.30. The first-order chi connectivity index (χ1) is 9.32. The molecule has 0 N–H and O–H groups in total. The molecule has 3 unspecified atom stereocenters. The van der Waals surface area contributed by atoms with Crippen LogP contribution in [0, 0.1) is 11.8 Å². The summed E-state index contributed by atoms with van der Waals surface area (Å²) in [5, 5.41) is -1.35. The predicted molar refractivity (Wildman–Crippen MR) is 72.5 cm³/mol. The van der Waals surface area contributed by atoms with E-state index in [1.54, 1.807) is 20.8 Å². The number of nitrogens with zero attached hydrogens (tertiary/aromatic N) is 2. The van der Waals surface area contributed by atoms with Gasteiger partial charge in [0.1, 0.15) is 0 Å². The number of fused-ring (bicyclic) bond motifs is 1. The van der Waals surface area contributed by atoms with Crippen molar-refractivity contribution in [2.45, 2.75) is 26.1 Å². The van der Waals surface area contributed by atoms with Crippen LogP contribution >= 0.6 is 7.60 Å². The molecule has 1 saturated heterocycles. The van der Waals surface area contributed by atoms with Crippen molar-refractivity contribution < 1.29 is 23.2 Å². The van der Waals surface area contributed by atoms with Crippen LogP contribution in [-0.4, -0.2) is 48.5 Å². The Balaban J connectivity index is 2.45. The Kier molecular flexibility index (Phi) is 3.88. The number of hydrogen-bond acceptors (Lipinski definition) is 6. The lowest BCUT2D eigenvalue weighted by atomic mass is 9.93. The highest BCUT2D eigenvalue weighted by atomic mass is 31.2. The summed E-state index contributed by atoms with van der Waals surface area (Å²) >= 11 is 0. The number of carbonyl (C=O) groups is 2. The molecule has 0 bridgehead atoms. The van der Waals surface area contributed by atoms with Gasteiger partial charge < -0.3 is 9.05 Å². The van der Waals surface area contributed by atoms with Crippen molar-refractivity contribution in [3.63, 3.8) is 0 Å². The van der Waals surface area contributed by atoms with Crippen molar-refractivity contribution in [3.05, 3.63) is 0 Å². The van der Waals surface area contributed by atoms with E-state index in [0.29, 0.717) is 0 Å². The summed E-state index contributed by atoms with van der Waals surface area (Å²) in [6.07, 6.45) is 1.40. The van der Waals surface area contributed by atoms with Crippen LogP contribution in [0.15, 0.2) is 4.99 Å². The van der Waals surface area contributed by atoms with E-state index in [9.17, 15) is 14.2 Å². The van der Waals surface area contributed by atoms with E-state index < -0.39 is 24.7 Å². The number of imide groups is 1. The minimum atomic E-state index is -3.64. The number of rotatable bonds is 5. The highest BCUT2D eigenvalue weighted by Crippen LogP contribution is 2.67. The molecular formula is C12H19N2O5P. The SMILES string of the molecule is CCOP(=O)(OCC)C1(C)N=CC2C(=O)N(C)C(=O)C21. The van der Waals surface area contributed by atoms with E-state index in [4.69, 9.17) is 9.05 Å². The number of amides is 2. The summed E-state index contributed by atoms with van der Waals surface area (Å²) in [5.74, 6) is -2.21. The van der Waals surface area contributed by atoms with Gasteiger partial charge in [0.25, 0.3) is 0 Å². The van der Waals surface area contributed by atoms with Crippen molar-refractivity contribution in [2.24, 2.45) is 16.8 Å². The molecule has 0 saturated carbocycles. The summed E-state index contributed by atoms with van der Waals surface area (Å²) in [5.41, 5.74) is 0. The van der Waals surface area contributed by atoms with Crippen LogP contribution in [0.4, 0.5) is 0 Å². The van der Waals surface area contributed by atoms with E-state index in [-0.39, 0.29) is 25.0 Å². The second kappa shape index (κ2) is 5.06. The van der Waals surface area contributed by atoms with Gasteiger partial charge in [0.05, 0.1) is 25.0 Å². The molecule has 112 valence electrons. The van der Waals surface area contributed by atoms with Crippen LogP contribution in [0.2, 0.25) is 0 Å². The third-order valence-electron chi connectivity index (χ3n) is 3.81. The van der Waals surface area contributed by atoms with Crippen molar-refractivity contribution in [1.29, 1.82) is 0 Å². The fourth-order valence-corrected chi connectivity index (χ4v) is 4.85. The topological polar surface area (TPSA) is 85.3 Å². The number of carbonyl (C=O) groups excluding carboxylic acids is 2. The Bertz CT molecular complexity index is 510. The van der Waals surface area contributed by atoms with Gasteiger partial charge >= 0.3 is 7.60 Å². The molecule has 8 heteroatoms. The van der Waals surface area contributed by atoms with E-state index in [1.807, 2.05) is 0 Å². The van der Waals surface area contributed by atoms with Crippen molar-refractivity contribution in [1.82, 2.24) is 4.90 Å². The molecule has 3 atom stereocenters. The molecular weight excluding hydrogens is 283 g/mol.